The van der Waals surface area contributed by atoms with Crippen molar-refractivity contribution in [3.8, 4) is 0 Å². The van der Waals surface area contributed by atoms with E-state index in [1.54, 1.807) is 6.20 Å². The van der Waals surface area contributed by atoms with Gasteiger partial charge in [-0.05, 0) is 12.8 Å². The highest BCUT2D eigenvalue weighted by Crippen LogP contribution is 2.45. The molecule has 1 amide bonds. The van der Waals surface area contributed by atoms with Crippen LogP contribution in [-0.2, 0) is 21.7 Å². The highest BCUT2D eigenvalue weighted by atomic mass is 16.5. The Hall–Kier alpha value is -1.36. The first-order chi connectivity index (χ1) is 8.71. The molecule has 0 radical (unpaired) electrons. The van der Waals surface area contributed by atoms with Gasteiger partial charge in [-0.3, -0.25) is 9.48 Å². The fraction of sp³-hybridized carbons (Fsp3) is 0.692. The van der Waals surface area contributed by atoms with Gasteiger partial charge in [0.05, 0.1) is 30.7 Å². The zero-order valence-electron chi connectivity index (χ0n) is 10.7. The SMILES string of the molecule is CC(=O)Nc1cnn2c1C1(CCCCC1)OCC2. The van der Waals surface area contributed by atoms with E-state index in [9.17, 15) is 4.79 Å². The van der Waals surface area contributed by atoms with Crippen molar-refractivity contribution in [1.29, 1.82) is 0 Å². The number of hydrogen-bond acceptors (Lipinski definition) is 3. The maximum atomic E-state index is 11.3. The van der Waals surface area contributed by atoms with Crippen LogP contribution in [-0.4, -0.2) is 22.3 Å². The van der Waals surface area contributed by atoms with E-state index in [-0.39, 0.29) is 11.5 Å². The fourth-order valence-corrected chi connectivity index (χ4v) is 3.22. The number of rotatable bonds is 1. The van der Waals surface area contributed by atoms with E-state index in [2.05, 4.69) is 10.4 Å². The lowest BCUT2D eigenvalue weighted by Gasteiger charge is -2.41. The Kier molecular flexibility index (Phi) is 2.86. The first-order valence-electron chi connectivity index (χ1n) is 6.69. The van der Waals surface area contributed by atoms with Gasteiger partial charge in [-0.15, -0.1) is 0 Å². The first kappa shape index (κ1) is 11.7. The van der Waals surface area contributed by atoms with Crippen LogP contribution in [0.15, 0.2) is 6.20 Å². The monoisotopic (exact) mass is 249 g/mol. The Bertz CT molecular complexity index is 461. The number of carbonyl (C=O) groups excluding carboxylic acids is 1. The number of fused-ring (bicyclic) bond motifs is 2. The van der Waals surface area contributed by atoms with Gasteiger partial charge < -0.3 is 10.1 Å². The van der Waals surface area contributed by atoms with Crippen molar-refractivity contribution in [1.82, 2.24) is 9.78 Å². The Labute approximate surface area is 107 Å². The van der Waals surface area contributed by atoms with Gasteiger partial charge in [0.2, 0.25) is 5.91 Å². The van der Waals surface area contributed by atoms with E-state index in [1.807, 2.05) is 4.68 Å². The lowest BCUT2D eigenvalue weighted by atomic mass is 9.81. The van der Waals surface area contributed by atoms with Crippen molar-refractivity contribution in [2.75, 3.05) is 11.9 Å². The van der Waals surface area contributed by atoms with Crippen LogP contribution >= 0.6 is 0 Å². The Balaban J connectivity index is 2.01. The summed E-state index contributed by atoms with van der Waals surface area (Å²) in [6, 6.07) is 0. The van der Waals surface area contributed by atoms with Crippen LogP contribution < -0.4 is 5.32 Å². The minimum atomic E-state index is -0.217. The molecular formula is C13H19N3O2. The number of anilines is 1. The molecule has 1 saturated carbocycles. The van der Waals surface area contributed by atoms with Gasteiger partial charge in [0, 0.05) is 6.92 Å². The highest BCUT2D eigenvalue weighted by molar-refractivity contribution is 5.89. The molecule has 98 valence electrons. The Morgan fingerprint density at radius 2 is 2.22 bits per heavy atom. The molecule has 18 heavy (non-hydrogen) atoms. The van der Waals surface area contributed by atoms with E-state index in [4.69, 9.17) is 4.74 Å². The summed E-state index contributed by atoms with van der Waals surface area (Å²) >= 11 is 0. The second kappa shape index (κ2) is 4.39. The fourth-order valence-electron chi connectivity index (χ4n) is 3.22. The molecule has 1 spiro atoms. The second-order valence-corrected chi connectivity index (χ2v) is 5.21. The third-order valence-corrected chi connectivity index (χ3v) is 3.92. The average molecular weight is 249 g/mol. The molecule has 0 unspecified atom stereocenters. The predicted molar refractivity (Wildman–Crippen MR) is 67.2 cm³/mol. The molecule has 1 aliphatic heterocycles. The van der Waals surface area contributed by atoms with Gasteiger partial charge in [0.15, 0.2) is 0 Å². The van der Waals surface area contributed by atoms with Crippen LogP contribution in [0, 0.1) is 0 Å². The molecular weight excluding hydrogens is 230 g/mol. The predicted octanol–water partition coefficient (Wildman–Crippen LogP) is 2.03. The minimum Gasteiger partial charge on any atom is -0.367 e. The van der Waals surface area contributed by atoms with Crippen LogP contribution in [0.2, 0.25) is 0 Å². The molecule has 5 nitrogen and oxygen atoms in total. The molecule has 0 aromatic carbocycles. The van der Waals surface area contributed by atoms with Crippen LogP contribution in [0.25, 0.3) is 0 Å². The van der Waals surface area contributed by atoms with Gasteiger partial charge in [0.25, 0.3) is 0 Å². The van der Waals surface area contributed by atoms with Crippen LogP contribution in [0.5, 0.6) is 0 Å². The van der Waals surface area contributed by atoms with Gasteiger partial charge in [-0.1, -0.05) is 19.3 Å². The zero-order chi connectivity index (χ0) is 12.6. The third kappa shape index (κ3) is 1.82. The normalized spacial score (nSPS) is 21.6. The first-order valence-corrected chi connectivity index (χ1v) is 6.69. The van der Waals surface area contributed by atoms with E-state index in [0.29, 0.717) is 6.61 Å². The molecule has 5 heteroatoms. The summed E-state index contributed by atoms with van der Waals surface area (Å²) in [5.41, 5.74) is 1.68. The molecule has 1 fully saturated rings. The summed E-state index contributed by atoms with van der Waals surface area (Å²) < 4.78 is 8.10. The summed E-state index contributed by atoms with van der Waals surface area (Å²) in [4.78, 5) is 11.3. The molecule has 1 aromatic heterocycles. The number of ether oxygens (including phenoxy) is 1. The Morgan fingerprint density at radius 1 is 1.44 bits per heavy atom. The van der Waals surface area contributed by atoms with Crippen LogP contribution in [0.4, 0.5) is 5.69 Å². The molecule has 0 saturated heterocycles. The van der Waals surface area contributed by atoms with Crippen molar-refractivity contribution < 1.29 is 9.53 Å². The molecule has 0 atom stereocenters. The molecule has 3 rings (SSSR count). The number of hydrogen-bond donors (Lipinski definition) is 1. The summed E-state index contributed by atoms with van der Waals surface area (Å²) in [5.74, 6) is -0.0534. The molecule has 1 aliphatic carbocycles. The van der Waals surface area contributed by atoms with Crippen molar-refractivity contribution in [3.05, 3.63) is 11.9 Å². The average Bonchev–Trinajstić information content (AvgIpc) is 2.74. The maximum Gasteiger partial charge on any atom is 0.221 e. The highest BCUT2D eigenvalue weighted by Gasteiger charge is 2.42. The molecule has 1 N–H and O–H groups in total. The molecule has 2 heterocycles. The largest absolute Gasteiger partial charge is 0.367 e. The standard InChI is InChI=1S/C13H19N3O2/c1-10(17)15-11-9-14-16-7-8-18-13(12(11)16)5-3-2-4-6-13/h9H,2-8H2,1H3,(H,15,17). The van der Waals surface area contributed by atoms with Gasteiger partial charge >= 0.3 is 0 Å². The van der Waals surface area contributed by atoms with Crippen molar-refractivity contribution >= 4 is 11.6 Å². The lowest BCUT2D eigenvalue weighted by Crippen LogP contribution is -2.40. The van der Waals surface area contributed by atoms with Gasteiger partial charge in [0.1, 0.15) is 5.60 Å². The summed E-state index contributed by atoms with van der Waals surface area (Å²) in [6.45, 7) is 3.02. The number of nitrogens with one attached hydrogen (secondary N) is 1. The molecule has 1 aromatic rings. The van der Waals surface area contributed by atoms with E-state index in [1.165, 1.54) is 26.2 Å². The van der Waals surface area contributed by atoms with Gasteiger partial charge in [-0.2, -0.15) is 5.10 Å². The third-order valence-electron chi connectivity index (χ3n) is 3.92. The quantitative estimate of drug-likeness (QED) is 0.828. The summed E-state index contributed by atoms with van der Waals surface area (Å²) in [7, 11) is 0. The molecule has 2 aliphatic rings. The van der Waals surface area contributed by atoms with E-state index >= 15 is 0 Å². The number of amides is 1. The van der Waals surface area contributed by atoms with E-state index in [0.717, 1.165) is 30.8 Å². The summed E-state index contributed by atoms with van der Waals surface area (Å²) in [5, 5.41) is 7.26. The molecule has 0 bridgehead atoms. The number of carbonyl (C=O) groups is 1. The van der Waals surface area contributed by atoms with Gasteiger partial charge in [-0.25, -0.2) is 0 Å². The Morgan fingerprint density at radius 3 is 2.94 bits per heavy atom. The van der Waals surface area contributed by atoms with Crippen molar-refractivity contribution in [2.45, 2.75) is 51.2 Å². The smallest absolute Gasteiger partial charge is 0.221 e. The lowest BCUT2D eigenvalue weighted by molar-refractivity contribution is -0.114. The topological polar surface area (TPSA) is 56.2 Å². The summed E-state index contributed by atoms with van der Waals surface area (Å²) in [6.07, 6.45) is 7.46. The zero-order valence-corrected chi connectivity index (χ0v) is 10.7. The van der Waals surface area contributed by atoms with Crippen LogP contribution in [0.1, 0.15) is 44.7 Å². The van der Waals surface area contributed by atoms with E-state index < -0.39 is 0 Å². The van der Waals surface area contributed by atoms with Crippen molar-refractivity contribution in [3.63, 3.8) is 0 Å². The van der Waals surface area contributed by atoms with Crippen LogP contribution in [0.3, 0.4) is 0 Å². The minimum absolute atomic E-state index is 0.0534. The second-order valence-electron chi connectivity index (χ2n) is 5.21. The number of aromatic nitrogens is 2. The van der Waals surface area contributed by atoms with Crippen molar-refractivity contribution in [2.24, 2.45) is 0 Å². The maximum absolute atomic E-state index is 11.3. The number of nitrogens with zero attached hydrogens (tertiary/aromatic N) is 2.